The van der Waals surface area contributed by atoms with E-state index in [2.05, 4.69) is 20.9 Å². The summed E-state index contributed by atoms with van der Waals surface area (Å²) in [5.41, 5.74) is 5.85. The quantitative estimate of drug-likeness (QED) is 0.102. The minimum atomic E-state index is -1.35. The Morgan fingerprint density at radius 2 is 2.10 bits per heavy atom. The number of allylic oxidation sites excluding steroid dienone is 3. The minimum Gasteiger partial charge on any atom is -0.496 e. The maximum absolute atomic E-state index is 13.2. The van der Waals surface area contributed by atoms with E-state index >= 15 is 0 Å². The lowest BCUT2D eigenvalue weighted by atomic mass is 9.86. The van der Waals surface area contributed by atoms with Gasteiger partial charge in [-0.15, -0.1) is 0 Å². The van der Waals surface area contributed by atoms with Gasteiger partial charge in [0.15, 0.2) is 6.29 Å². The third-order valence-corrected chi connectivity index (χ3v) is 9.19. The number of aliphatic hydroxyl groups is 3. The Balaban J connectivity index is 1.46. The standard InChI is InChI=1S/C32H41N7O10/c1-4-47-29(44)26-18(13-41)16(6-9-38-10-8-34-31(38)39-15-35-22-27(39)36-30(33)37-28(22)43)21-24(46-3)17-12-20(32(2,45)7-5-11-40)48-23(17)19(14-42)25(21)49-26/h6,8,10,13,20,22,27,30,35-36,40,42,45H,4-5,7,9,11-12,14-15,33H2,1-3H3,(H,37,43)/b16-6+/t20-,22+,27+,30-,32+/m0/s1. The van der Waals surface area contributed by atoms with Crippen LogP contribution in [0.4, 0.5) is 5.95 Å². The second kappa shape index (κ2) is 13.8. The molecule has 17 nitrogen and oxygen atoms in total. The van der Waals surface area contributed by atoms with E-state index in [4.69, 9.17) is 24.7 Å². The van der Waals surface area contributed by atoms with E-state index in [0.29, 0.717) is 36.5 Å². The van der Waals surface area contributed by atoms with Crippen molar-refractivity contribution in [3.05, 3.63) is 46.5 Å². The Bertz CT molecular complexity index is 1700. The normalized spacial score (nSPS) is 24.8. The van der Waals surface area contributed by atoms with Crippen molar-refractivity contribution >= 4 is 29.7 Å². The van der Waals surface area contributed by atoms with Crippen LogP contribution in [0.5, 0.6) is 17.2 Å². The summed E-state index contributed by atoms with van der Waals surface area (Å²) >= 11 is 0. The van der Waals surface area contributed by atoms with Gasteiger partial charge in [0.05, 0.1) is 49.3 Å². The fourth-order valence-electron chi connectivity index (χ4n) is 6.82. The Morgan fingerprint density at radius 3 is 2.80 bits per heavy atom. The molecule has 0 unspecified atom stereocenters. The molecule has 17 heteroatoms. The van der Waals surface area contributed by atoms with Gasteiger partial charge in [-0.2, -0.15) is 0 Å². The van der Waals surface area contributed by atoms with Gasteiger partial charge < -0.3 is 49.1 Å². The maximum atomic E-state index is 13.2. The average molecular weight is 684 g/mol. The monoisotopic (exact) mass is 683 g/mol. The van der Waals surface area contributed by atoms with E-state index in [1.807, 2.05) is 4.90 Å². The van der Waals surface area contributed by atoms with Gasteiger partial charge in [0.1, 0.15) is 41.8 Å². The van der Waals surface area contributed by atoms with Gasteiger partial charge in [-0.3, -0.25) is 26.0 Å². The highest BCUT2D eigenvalue weighted by molar-refractivity contribution is 6.10. The molecule has 2 saturated heterocycles. The number of carbonyl (C=O) groups is 3. The number of nitrogens with two attached hydrogens (primary N) is 1. The first kappa shape index (κ1) is 34.3. The van der Waals surface area contributed by atoms with Gasteiger partial charge in [-0.25, -0.2) is 9.78 Å². The summed E-state index contributed by atoms with van der Waals surface area (Å²) in [6, 6.07) is -0.568. The molecule has 0 saturated carbocycles. The molecule has 1 aromatic heterocycles. The van der Waals surface area contributed by atoms with Crippen LogP contribution in [0.25, 0.3) is 5.57 Å². The topological polar surface area (TPSA) is 232 Å². The predicted molar refractivity (Wildman–Crippen MR) is 172 cm³/mol. The first-order valence-electron chi connectivity index (χ1n) is 16.0. The summed E-state index contributed by atoms with van der Waals surface area (Å²) in [4.78, 5) is 44.9. The van der Waals surface area contributed by atoms with Crippen LogP contribution in [0, 0.1) is 0 Å². The van der Waals surface area contributed by atoms with Crippen LogP contribution in [0.2, 0.25) is 0 Å². The number of ether oxygens (including phenoxy) is 4. The van der Waals surface area contributed by atoms with Gasteiger partial charge in [0, 0.05) is 43.1 Å². The highest BCUT2D eigenvalue weighted by Crippen LogP contribution is 2.54. The summed E-state index contributed by atoms with van der Waals surface area (Å²) < 4.78 is 25.3. The van der Waals surface area contributed by atoms with E-state index in [-0.39, 0.29) is 78.2 Å². The molecule has 5 heterocycles. The molecule has 0 spiro atoms. The fraction of sp³-hybridized carbons (Fsp3) is 0.500. The van der Waals surface area contributed by atoms with E-state index in [9.17, 15) is 29.7 Å². The zero-order valence-corrected chi connectivity index (χ0v) is 27.4. The van der Waals surface area contributed by atoms with E-state index in [0.717, 1.165) is 0 Å². The Labute approximate surface area is 281 Å². The van der Waals surface area contributed by atoms with Crippen LogP contribution in [-0.2, 0) is 38.7 Å². The van der Waals surface area contributed by atoms with Crippen molar-refractivity contribution in [3.63, 3.8) is 0 Å². The number of nitrogens with zero attached hydrogens (tertiary/aromatic N) is 3. The summed E-state index contributed by atoms with van der Waals surface area (Å²) in [7, 11) is 1.44. The molecule has 264 valence electrons. The summed E-state index contributed by atoms with van der Waals surface area (Å²) in [5, 5.41) is 40.3. The molecule has 6 rings (SSSR count). The molecule has 4 aliphatic rings. The van der Waals surface area contributed by atoms with Crippen molar-refractivity contribution in [1.29, 1.82) is 0 Å². The van der Waals surface area contributed by atoms with Crippen molar-refractivity contribution in [2.75, 3.05) is 31.9 Å². The van der Waals surface area contributed by atoms with Gasteiger partial charge in [-0.05, 0) is 26.7 Å². The van der Waals surface area contributed by atoms with Crippen LogP contribution in [-0.4, -0.2) is 100 Å². The molecule has 2 fully saturated rings. The number of fused-ring (bicyclic) bond motifs is 3. The molecule has 0 radical (unpaired) electrons. The highest BCUT2D eigenvalue weighted by atomic mass is 16.6. The third-order valence-electron chi connectivity index (χ3n) is 9.19. The number of aromatic nitrogens is 2. The molecule has 1 amide bonds. The zero-order chi connectivity index (χ0) is 35.0. The van der Waals surface area contributed by atoms with E-state index in [1.54, 1.807) is 36.9 Å². The smallest absolute Gasteiger partial charge is 0.375 e. The molecule has 2 aromatic rings. The number of benzene rings is 1. The Hall–Kier alpha value is -4.52. The number of anilines is 1. The zero-order valence-electron chi connectivity index (χ0n) is 27.4. The number of carbonyl (C=O) groups excluding carboxylic acids is 3. The number of hydrogen-bond acceptors (Lipinski definition) is 15. The molecule has 0 aliphatic carbocycles. The predicted octanol–water partition coefficient (Wildman–Crippen LogP) is -1.27. The van der Waals surface area contributed by atoms with Gasteiger partial charge in [-0.1, -0.05) is 6.08 Å². The number of nitrogens with one attached hydrogen (secondary N) is 3. The number of amides is 1. The molecule has 5 atom stereocenters. The largest absolute Gasteiger partial charge is 0.496 e. The van der Waals surface area contributed by atoms with E-state index < -0.39 is 42.8 Å². The second-order valence-corrected chi connectivity index (χ2v) is 12.3. The van der Waals surface area contributed by atoms with Crippen LogP contribution < -0.4 is 40.8 Å². The molecule has 4 aliphatic heterocycles. The third kappa shape index (κ3) is 6.02. The van der Waals surface area contributed by atoms with Gasteiger partial charge in [0.2, 0.25) is 17.6 Å². The Kier molecular flexibility index (Phi) is 9.65. The number of hydrogen-bond donors (Lipinski definition) is 7. The number of methoxy groups -OCH3 is 1. The summed E-state index contributed by atoms with van der Waals surface area (Å²) in [6.07, 6.45) is 4.32. The second-order valence-electron chi connectivity index (χ2n) is 12.3. The summed E-state index contributed by atoms with van der Waals surface area (Å²) in [5.74, 6) is -0.451. The first-order chi connectivity index (χ1) is 23.6. The molecule has 8 N–H and O–H groups in total. The number of imidazole rings is 1. The number of aliphatic hydroxyl groups excluding tert-OH is 2. The van der Waals surface area contributed by atoms with Crippen molar-refractivity contribution in [1.82, 2.24) is 25.5 Å². The molecular weight excluding hydrogens is 642 g/mol. The molecule has 0 bridgehead atoms. The van der Waals surface area contributed by atoms with Crippen molar-refractivity contribution in [3.8, 4) is 17.2 Å². The van der Waals surface area contributed by atoms with Crippen molar-refractivity contribution in [2.45, 2.75) is 76.5 Å². The molecule has 49 heavy (non-hydrogen) atoms. The number of rotatable bonds is 12. The summed E-state index contributed by atoms with van der Waals surface area (Å²) in [6.45, 7) is 2.99. The average Bonchev–Trinajstić information content (AvgIpc) is 3.83. The SMILES string of the molecule is CCOC(=O)C1=C(C=O)/C(=C\Cn2ccnc2N2CN[C@H]3C(=O)N[C@@H](N)N[C@@H]32)c2c(OC)c3c(c(CO)c2O1)O[C@H]([C@](C)(O)CCCO)C3. The van der Waals surface area contributed by atoms with E-state index in [1.165, 1.54) is 7.11 Å². The van der Waals surface area contributed by atoms with Crippen molar-refractivity contribution < 1.29 is 48.7 Å². The van der Waals surface area contributed by atoms with Crippen LogP contribution in [0.15, 0.2) is 29.8 Å². The van der Waals surface area contributed by atoms with Crippen LogP contribution in [0.1, 0.15) is 43.4 Å². The molecule has 1 aromatic carbocycles. The minimum absolute atomic E-state index is 0.0119. The number of esters is 1. The van der Waals surface area contributed by atoms with Crippen molar-refractivity contribution in [2.24, 2.45) is 5.73 Å². The first-order valence-corrected chi connectivity index (χ1v) is 16.0. The van der Waals surface area contributed by atoms with Gasteiger partial charge >= 0.3 is 5.97 Å². The highest BCUT2D eigenvalue weighted by Gasteiger charge is 2.46. The van der Waals surface area contributed by atoms with Gasteiger partial charge in [0.25, 0.3) is 0 Å². The van der Waals surface area contributed by atoms with Crippen LogP contribution >= 0.6 is 0 Å². The molecular formula is C32H41N7O10. The van der Waals surface area contributed by atoms with Crippen LogP contribution in [0.3, 0.4) is 0 Å². The number of aldehydes is 1. The lowest BCUT2D eigenvalue weighted by molar-refractivity contribution is -0.141. The fourth-order valence-corrected chi connectivity index (χ4v) is 6.82. The maximum Gasteiger partial charge on any atom is 0.375 e. The lowest BCUT2D eigenvalue weighted by Crippen LogP contribution is -2.70. The lowest BCUT2D eigenvalue weighted by Gasteiger charge is -2.35. The Morgan fingerprint density at radius 1 is 1.31 bits per heavy atom.